The predicted octanol–water partition coefficient (Wildman–Crippen LogP) is 3.17. The molecule has 1 aromatic carbocycles. The number of furan rings is 1. The topological polar surface area (TPSA) is 116 Å². The Kier molecular flexibility index (Phi) is 6.58. The van der Waals surface area contributed by atoms with Crippen molar-refractivity contribution in [3.63, 3.8) is 0 Å². The molecule has 1 N–H and O–H groups in total. The third kappa shape index (κ3) is 4.09. The molecule has 10 nitrogen and oxygen atoms in total. The number of aliphatic hydroxyl groups excluding tert-OH is 1. The summed E-state index contributed by atoms with van der Waals surface area (Å²) in [5.41, 5.74) is 0.446. The number of aliphatic hydroxyl groups is 1. The lowest BCUT2D eigenvalue weighted by molar-refractivity contribution is -0.129. The summed E-state index contributed by atoms with van der Waals surface area (Å²) in [6.45, 7) is 0.880. The zero-order valence-corrected chi connectivity index (χ0v) is 19.1. The molecule has 0 saturated heterocycles. The smallest absolute Gasteiger partial charge is 0.290 e. The summed E-state index contributed by atoms with van der Waals surface area (Å²) < 4.78 is 23.5. The highest BCUT2D eigenvalue weighted by atomic mass is 16.5. The fourth-order valence-electron chi connectivity index (χ4n) is 4.11. The fraction of sp³-hybridized carbons (Fsp3) is 0.292. The van der Waals surface area contributed by atoms with Gasteiger partial charge < -0.3 is 33.2 Å². The molecule has 1 aliphatic heterocycles. The van der Waals surface area contributed by atoms with E-state index in [1.807, 2.05) is 10.8 Å². The maximum atomic E-state index is 13.3. The van der Waals surface area contributed by atoms with Gasteiger partial charge in [-0.1, -0.05) is 0 Å². The van der Waals surface area contributed by atoms with Crippen LogP contribution in [0, 0.1) is 0 Å². The van der Waals surface area contributed by atoms with Crippen molar-refractivity contribution in [2.75, 3.05) is 27.9 Å². The molecule has 4 rings (SSSR count). The van der Waals surface area contributed by atoms with Gasteiger partial charge in [-0.05, 0) is 36.2 Å². The second-order valence-corrected chi connectivity index (χ2v) is 7.58. The minimum Gasteiger partial charge on any atom is -0.503 e. The molecule has 2 aromatic heterocycles. The number of hydrogen-bond acceptors (Lipinski definition) is 8. The monoisotopic (exact) mass is 467 g/mol. The largest absolute Gasteiger partial charge is 0.503 e. The highest BCUT2D eigenvalue weighted by Gasteiger charge is 2.44. The minimum atomic E-state index is -0.887. The molecule has 0 spiro atoms. The summed E-state index contributed by atoms with van der Waals surface area (Å²) in [4.78, 5) is 31.9. The lowest BCUT2D eigenvalue weighted by Crippen LogP contribution is -2.32. The first kappa shape index (κ1) is 23.0. The van der Waals surface area contributed by atoms with E-state index >= 15 is 0 Å². The van der Waals surface area contributed by atoms with Crippen molar-refractivity contribution in [1.82, 2.24) is 14.5 Å². The van der Waals surface area contributed by atoms with Crippen LogP contribution in [-0.2, 0) is 11.3 Å². The van der Waals surface area contributed by atoms with Crippen LogP contribution in [0.1, 0.15) is 28.6 Å². The molecule has 10 heteroatoms. The third-order valence-electron chi connectivity index (χ3n) is 5.67. The number of hydrogen-bond donors (Lipinski definition) is 1. The Morgan fingerprint density at radius 3 is 2.44 bits per heavy atom. The van der Waals surface area contributed by atoms with Crippen LogP contribution in [0.4, 0.5) is 0 Å². The number of carbonyl (C=O) groups is 2. The lowest BCUT2D eigenvalue weighted by Gasteiger charge is -2.27. The summed E-state index contributed by atoms with van der Waals surface area (Å²) in [5, 5.41) is 10.8. The van der Waals surface area contributed by atoms with E-state index in [1.165, 1.54) is 38.6 Å². The summed E-state index contributed by atoms with van der Waals surface area (Å²) in [5.74, 6) is -0.713. The average molecular weight is 467 g/mol. The maximum Gasteiger partial charge on any atom is 0.290 e. The van der Waals surface area contributed by atoms with Crippen LogP contribution in [0.3, 0.4) is 0 Å². The molecular formula is C24H25N3O7. The molecule has 3 aromatic rings. The van der Waals surface area contributed by atoms with Gasteiger partial charge in [-0.2, -0.15) is 0 Å². The first-order valence-electron chi connectivity index (χ1n) is 10.6. The molecule has 0 saturated carbocycles. The van der Waals surface area contributed by atoms with Crippen LogP contribution in [0.25, 0.3) is 0 Å². The van der Waals surface area contributed by atoms with E-state index in [0.717, 1.165) is 0 Å². The minimum absolute atomic E-state index is 0.0204. The van der Waals surface area contributed by atoms with E-state index in [2.05, 4.69) is 4.98 Å². The molecule has 3 heterocycles. The van der Waals surface area contributed by atoms with Gasteiger partial charge in [0, 0.05) is 25.5 Å². The van der Waals surface area contributed by atoms with Crippen molar-refractivity contribution in [3.05, 3.63) is 71.9 Å². The summed E-state index contributed by atoms with van der Waals surface area (Å²) in [6.07, 6.45) is 7.11. The number of imidazole rings is 1. The molecule has 1 unspecified atom stereocenters. The quantitative estimate of drug-likeness (QED) is 0.452. The predicted molar refractivity (Wildman–Crippen MR) is 120 cm³/mol. The Morgan fingerprint density at radius 2 is 1.88 bits per heavy atom. The van der Waals surface area contributed by atoms with Gasteiger partial charge in [0.15, 0.2) is 23.0 Å². The van der Waals surface area contributed by atoms with Crippen molar-refractivity contribution in [2.24, 2.45) is 0 Å². The van der Waals surface area contributed by atoms with Gasteiger partial charge in [0.25, 0.3) is 5.91 Å². The zero-order valence-electron chi connectivity index (χ0n) is 19.1. The van der Waals surface area contributed by atoms with Crippen LogP contribution in [0.5, 0.6) is 17.2 Å². The van der Waals surface area contributed by atoms with E-state index in [9.17, 15) is 14.7 Å². The van der Waals surface area contributed by atoms with E-state index in [0.29, 0.717) is 35.8 Å². The van der Waals surface area contributed by atoms with Gasteiger partial charge in [0.05, 0.1) is 45.5 Å². The van der Waals surface area contributed by atoms with Crippen molar-refractivity contribution < 1.29 is 33.3 Å². The van der Waals surface area contributed by atoms with Gasteiger partial charge in [0.2, 0.25) is 11.5 Å². The Hall–Kier alpha value is -4.21. The molecule has 0 fully saturated rings. The number of benzene rings is 1. The number of nitrogens with zero attached hydrogens (tertiary/aromatic N) is 3. The number of aromatic nitrogens is 2. The molecule has 1 atom stereocenters. The molecule has 1 aliphatic rings. The normalized spacial score (nSPS) is 15.7. The van der Waals surface area contributed by atoms with Crippen molar-refractivity contribution in [2.45, 2.75) is 19.0 Å². The standard InChI is InChI=1S/C24H25N3O7/c1-31-17-12-15(13-18(32-2)23(17)33-3)20-19(21(28)16-6-4-11-34-16)22(29)24(30)27(20)9-5-8-26-10-7-25-14-26/h4,6-7,10-14,20,29H,5,8-9H2,1-3H3. The number of methoxy groups -OCH3 is 3. The van der Waals surface area contributed by atoms with Crippen LogP contribution >= 0.6 is 0 Å². The molecule has 0 bridgehead atoms. The molecule has 0 aliphatic carbocycles. The fourth-order valence-corrected chi connectivity index (χ4v) is 4.11. The molecular weight excluding hydrogens is 442 g/mol. The SMILES string of the molecule is COc1cc(C2C(C(=O)c3ccco3)=C(O)C(=O)N2CCCn2ccnc2)cc(OC)c1OC. The number of ether oxygens (including phenoxy) is 3. The molecule has 178 valence electrons. The van der Waals surface area contributed by atoms with Crippen molar-refractivity contribution in [1.29, 1.82) is 0 Å². The first-order valence-corrected chi connectivity index (χ1v) is 10.6. The van der Waals surface area contributed by atoms with E-state index in [4.69, 9.17) is 18.6 Å². The molecule has 0 radical (unpaired) electrons. The Morgan fingerprint density at radius 1 is 1.15 bits per heavy atom. The van der Waals surface area contributed by atoms with Gasteiger partial charge in [-0.15, -0.1) is 0 Å². The van der Waals surface area contributed by atoms with Crippen LogP contribution < -0.4 is 14.2 Å². The van der Waals surface area contributed by atoms with E-state index < -0.39 is 23.5 Å². The molecule has 1 amide bonds. The van der Waals surface area contributed by atoms with Gasteiger partial charge in [-0.3, -0.25) is 9.59 Å². The number of Topliss-reactive ketones (excluding diaryl/α,β-unsaturated/α-hetero) is 1. The maximum absolute atomic E-state index is 13.3. The van der Waals surface area contributed by atoms with E-state index in [-0.39, 0.29) is 17.9 Å². The van der Waals surface area contributed by atoms with Gasteiger partial charge in [-0.25, -0.2) is 4.98 Å². The third-order valence-corrected chi connectivity index (χ3v) is 5.67. The Balaban J connectivity index is 1.77. The Labute approximate surface area is 196 Å². The summed E-state index contributed by atoms with van der Waals surface area (Å²) in [7, 11) is 4.44. The zero-order chi connectivity index (χ0) is 24.2. The highest BCUT2D eigenvalue weighted by molar-refractivity contribution is 6.15. The summed E-state index contributed by atoms with van der Waals surface area (Å²) >= 11 is 0. The van der Waals surface area contributed by atoms with E-state index in [1.54, 1.807) is 30.7 Å². The van der Waals surface area contributed by atoms with Crippen LogP contribution in [0.15, 0.2) is 65.0 Å². The van der Waals surface area contributed by atoms with Gasteiger partial charge >= 0.3 is 0 Å². The lowest BCUT2D eigenvalue weighted by atomic mass is 9.94. The average Bonchev–Trinajstić information content (AvgIpc) is 3.61. The molecule has 34 heavy (non-hydrogen) atoms. The summed E-state index contributed by atoms with van der Waals surface area (Å²) in [6, 6.07) is 5.49. The van der Waals surface area contributed by atoms with Crippen molar-refractivity contribution in [3.8, 4) is 17.2 Å². The van der Waals surface area contributed by atoms with Crippen LogP contribution in [-0.4, -0.2) is 59.1 Å². The number of rotatable bonds is 10. The van der Waals surface area contributed by atoms with Crippen LogP contribution in [0.2, 0.25) is 0 Å². The number of aryl methyl sites for hydroxylation is 1. The second kappa shape index (κ2) is 9.74. The van der Waals surface area contributed by atoms with Crippen molar-refractivity contribution >= 4 is 11.7 Å². The second-order valence-electron chi connectivity index (χ2n) is 7.58. The Bertz CT molecular complexity index is 1170. The number of ketones is 1. The number of amides is 1. The first-order chi connectivity index (χ1) is 16.5. The van der Waals surface area contributed by atoms with Gasteiger partial charge in [0.1, 0.15) is 0 Å². The number of carbonyl (C=O) groups excluding carboxylic acids is 2. The highest BCUT2D eigenvalue weighted by Crippen LogP contribution is 2.45.